The van der Waals surface area contributed by atoms with E-state index in [1.54, 1.807) is 0 Å². The molecule has 0 amide bonds. The van der Waals surface area contributed by atoms with Gasteiger partial charge in [-0.3, -0.25) is 0 Å². The zero-order valence-electron chi connectivity index (χ0n) is 10.9. The highest BCUT2D eigenvalue weighted by molar-refractivity contribution is 4.49. The third-order valence-electron chi connectivity index (χ3n) is 1.49. The third kappa shape index (κ3) is 21.5. The van der Waals surface area contributed by atoms with Crippen molar-refractivity contribution in [1.29, 1.82) is 0 Å². The summed E-state index contributed by atoms with van der Waals surface area (Å²) in [4.78, 5) is 0. The van der Waals surface area contributed by atoms with Crippen LogP contribution < -0.4 is 0 Å². The molecular formula is C11H24F2O4. The molecule has 6 heteroatoms. The van der Waals surface area contributed by atoms with Gasteiger partial charge in [-0.2, -0.15) is 0 Å². The Labute approximate surface area is 102 Å². The van der Waals surface area contributed by atoms with E-state index in [1.807, 2.05) is 6.92 Å². The van der Waals surface area contributed by atoms with E-state index < -0.39 is 12.8 Å². The molecule has 4 nitrogen and oxygen atoms in total. The van der Waals surface area contributed by atoms with E-state index in [0.717, 1.165) is 0 Å². The van der Waals surface area contributed by atoms with Gasteiger partial charge in [-0.15, -0.1) is 0 Å². The Balaban J connectivity index is 0. The maximum Gasteiger partial charge on any atom is 0.146 e. The molecule has 0 rings (SSSR count). The zero-order chi connectivity index (χ0) is 13.4. The summed E-state index contributed by atoms with van der Waals surface area (Å²) in [6, 6.07) is 0. The van der Waals surface area contributed by atoms with Gasteiger partial charge < -0.3 is 18.9 Å². The normalized spacial score (nSPS) is 10.2. The summed E-state index contributed by atoms with van der Waals surface area (Å²) in [7, 11) is 2.92. The number of halogens is 2. The van der Waals surface area contributed by atoms with Crippen LogP contribution in [0.4, 0.5) is 8.78 Å². The van der Waals surface area contributed by atoms with Crippen molar-refractivity contribution < 1.29 is 27.7 Å². The molecule has 17 heavy (non-hydrogen) atoms. The smallest absolute Gasteiger partial charge is 0.146 e. The fraction of sp³-hybridized carbons (Fsp3) is 1.00. The second-order valence-corrected chi connectivity index (χ2v) is 3.01. The monoisotopic (exact) mass is 258 g/mol. The van der Waals surface area contributed by atoms with Crippen LogP contribution in [0.25, 0.3) is 0 Å². The summed E-state index contributed by atoms with van der Waals surface area (Å²) >= 11 is 0. The average Bonchev–Trinajstić information content (AvgIpc) is 2.31. The molecule has 0 aromatic carbocycles. The van der Waals surface area contributed by atoms with Gasteiger partial charge in [0, 0.05) is 20.8 Å². The van der Waals surface area contributed by atoms with Gasteiger partial charge in [-0.1, -0.05) is 0 Å². The van der Waals surface area contributed by atoms with Crippen molar-refractivity contribution in [3.05, 3.63) is 0 Å². The SMILES string of the molecule is CCOCCOCCF.COCC(F)COC. The van der Waals surface area contributed by atoms with Crippen LogP contribution in [0, 0.1) is 0 Å². The van der Waals surface area contributed by atoms with Crippen LogP contribution in [0.15, 0.2) is 0 Å². The standard InChI is InChI=1S/C6H13FO2.C5H11FO2/c1-2-8-5-6-9-4-3-7;1-7-3-5(6)4-8-2/h2-6H2,1H3;5H,3-4H2,1-2H3. The molecule has 0 heterocycles. The van der Waals surface area contributed by atoms with Crippen LogP contribution in [-0.4, -0.2) is 66.7 Å². The predicted molar refractivity (Wildman–Crippen MR) is 61.9 cm³/mol. The molecule has 0 aromatic heterocycles. The maximum atomic E-state index is 12.2. The zero-order valence-corrected chi connectivity index (χ0v) is 10.9. The van der Waals surface area contributed by atoms with Crippen molar-refractivity contribution in [2.24, 2.45) is 0 Å². The molecule has 0 atom stereocenters. The highest BCUT2D eigenvalue weighted by Crippen LogP contribution is 1.89. The predicted octanol–water partition coefficient (Wildman–Crippen LogP) is 1.63. The molecule has 0 radical (unpaired) electrons. The van der Waals surface area contributed by atoms with E-state index in [4.69, 9.17) is 9.47 Å². The average molecular weight is 258 g/mol. The first-order chi connectivity index (χ1) is 8.22. The topological polar surface area (TPSA) is 36.9 Å². The fourth-order valence-corrected chi connectivity index (χ4v) is 0.829. The Morgan fingerprint density at radius 2 is 1.47 bits per heavy atom. The first kappa shape index (κ1) is 19.0. The maximum absolute atomic E-state index is 12.2. The Bertz CT molecular complexity index is 116. The van der Waals surface area contributed by atoms with Crippen LogP contribution in [0.5, 0.6) is 0 Å². The summed E-state index contributed by atoms with van der Waals surface area (Å²) in [5, 5.41) is 0. The van der Waals surface area contributed by atoms with Crippen molar-refractivity contribution in [3.8, 4) is 0 Å². The van der Waals surface area contributed by atoms with Gasteiger partial charge in [-0.25, -0.2) is 8.78 Å². The number of hydrogen-bond acceptors (Lipinski definition) is 4. The van der Waals surface area contributed by atoms with Gasteiger partial charge in [-0.05, 0) is 6.92 Å². The van der Waals surface area contributed by atoms with E-state index in [0.29, 0.717) is 19.8 Å². The van der Waals surface area contributed by atoms with E-state index in [1.165, 1.54) is 14.2 Å². The van der Waals surface area contributed by atoms with E-state index in [2.05, 4.69) is 9.47 Å². The summed E-state index contributed by atoms with van der Waals surface area (Å²) in [5.41, 5.74) is 0. The van der Waals surface area contributed by atoms with Crippen molar-refractivity contribution in [3.63, 3.8) is 0 Å². The molecule has 0 N–H and O–H groups in total. The molecule has 0 unspecified atom stereocenters. The molecule has 0 aliphatic heterocycles. The Morgan fingerprint density at radius 1 is 0.941 bits per heavy atom. The van der Waals surface area contributed by atoms with Crippen LogP contribution in [0.1, 0.15) is 6.92 Å². The highest BCUT2D eigenvalue weighted by Gasteiger charge is 2.02. The van der Waals surface area contributed by atoms with E-state index in [9.17, 15) is 8.78 Å². The Hall–Kier alpha value is -0.300. The van der Waals surface area contributed by atoms with Crippen molar-refractivity contribution in [2.45, 2.75) is 13.1 Å². The number of alkyl halides is 2. The van der Waals surface area contributed by atoms with E-state index >= 15 is 0 Å². The first-order valence-corrected chi connectivity index (χ1v) is 5.56. The van der Waals surface area contributed by atoms with Crippen LogP contribution in [-0.2, 0) is 18.9 Å². The Morgan fingerprint density at radius 3 is 1.88 bits per heavy atom. The van der Waals surface area contributed by atoms with Gasteiger partial charge in [0.1, 0.15) is 12.8 Å². The molecule has 0 aliphatic rings. The Kier molecular flexibility index (Phi) is 20.3. The first-order valence-electron chi connectivity index (χ1n) is 5.56. The lowest BCUT2D eigenvalue weighted by molar-refractivity contribution is 0.0475. The molecule has 0 bridgehead atoms. The molecular weight excluding hydrogens is 234 g/mol. The van der Waals surface area contributed by atoms with E-state index in [-0.39, 0.29) is 19.8 Å². The lowest BCUT2D eigenvalue weighted by Gasteiger charge is -2.02. The summed E-state index contributed by atoms with van der Waals surface area (Å²) in [5.74, 6) is 0. The lowest BCUT2D eigenvalue weighted by Crippen LogP contribution is -2.14. The van der Waals surface area contributed by atoms with Crippen molar-refractivity contribution >= 4 is 0 Å². The molecule has 106 valence electrons. The van der Waals surface area contributed by atoms with Gasteiger partial charge in [0.2, 0.25) is 0 Å². The molecule has 0 saturated heterocycles. The van der Waals surface area contributed by atoms with Gasteiger partial charge >= 0.3 is 0 Å². The van der Waals surface area contributed by atoms with Gasteiger partial charge in [0.15, 0.2) is 0 Å². The summed E-state index contributed by atoms with van der Waals surface area (Å²) in [6.45, 7) is 3.68. The van der Waals surface area contributed by atoms with Crippen LogP contribution >= 0.6 is 0 Å². The van der Waals surface area contributed by atoms with Crippen LogP contribution in [0.3, 0.4) is 0 Å². The van der Waals surface area contributed by atoms with Crippen molar-refractivity contribution in [2.75, 3.05) is 60.5 Å². The van der Waals surface area contributed by atoms with Crippen LogP contribution in [0.2, 0.25) is 0 Å². The number of rotatable bonds is 10. The largest absolute Gasteiger partial charge is 0.382 e. The quantitative estimate of drug-likeness (QED) is 0.558. The lowest BCUT2D eigenvalue weighted by atomic mass is 10.4. The highest BCUT2D eigenvalue weighted by atomic mass is 19.1. The van der Waals surface area contributed by atoms with Gasteiger partial charge in [0.25, 0.3) is 0 Å². The number of ether oxygens (including phenoxy) is 4. The molecule has 0 fully saturated rings. The second kappa shape index (κ2) is 18.1. The number of hydrogen-bond donors (Lipinski definition) is 0. The molecule has 0 spiro atoms. The second-order valence-electron chi connectivity index (χ2n) is 3.01. The number of methoxy groups -OCH3 is 2. The molecule has 0 aliphatic carbocycles. The summed E-state index contributed by atoms with van der Waals surface area (Å²) in [6.07, 6.45) is -0.981. The minimum absolute atomic E-state index is 0.119. The van der Waals surface area contributed by atoms with Gasteiger partial charge in [0.05, 0.1) is 33.0 Å². The molecule has 0 aromatic rings. The molecule has 0 saturated carbocycles. The van der Waals surface area contributed by atoms with Crippen molar-refractivity contribution in [1.82, 2.24) is 0 Å². The minimum atomic E-state index is -0.981. The third-order valence-corrected chi connectivity index (χ3v) is 1.49. The minimum Gasteiger partial charge on any atom is -0.382 e. The fourth-order valence-electron chi connectivity index (χ4n) is 0.829. The summed E-state index contributed by atoms with van der Waals surface area (Å²) < 4.78 is 42.2.